The molecule has 0 heterocycles. The number of nitro groups is 1. The Balaban J connectivity index is 2.70. The molecule has 17 heavy (non-hydrogen) atoms. The lowest BCUT2D eigenvalue weighted by Gasteiger charge is -2.05. The van der Waals surface area contributed by atoms with Crippen LogP contribution in [0, 0.1) is 10.1 Å². The number of rotatable bonds is 5. The summed E-state index contributed by atoms with van der Waals surface area (Å²) in [4.78, 5) is 21.5. The van der Waals surface area contributed by atoms with Crippen LogP contribution in [0.3, 0.4) is 0 Å². The first-order chi connectivity index (χ1) is 8.04. The lowest BCUT2D eigenvalue weighted by molar-refractivity contribution is -0.385. The van der Waals surface area contributed by atoms with Crippen LogP contribution in [0.5, 0.6) is 0 Å². The van der Waals surface area contributed by atoms with Crippen LogP contribution in [-0.4, -0.2) is 24.4 Å². The van der Waals surface area contributed by atoms with Crippen molar-refractivity contribution in [2.24, 2.45) is 0 Å². The second-order valence-electron chi connectivity index (χ2n) is 3.33. The van der Waals surface area contributed by atoms with Gasteiger partial charge in [0.05, 0.1) is 9.40 Å². The Morgan fingerprint density at radius 3 is 2.76 bits per heavy atom. The Morgan fingerprint density at radius 2 is 2.24 bits per heavy atom. The standard InChI is InChI=1S/C10H12BrN3O3/c1-12-5-4-10(15)13-7-2-3-9(14(16)17)8(11)6-7/h2-3,6,12H,4-5H2,1H3,(H,13,15). The van der Waals surface area contributed by atoms with E-state index in [4.69, 9.17) is 0 Å². The van der Waals surface area contributed by atoms with E-state index in [-0.39, 0.29) is 11.6 Å². The molecule has 1 rings (SSSR count). The van der Waals surface area contributed by atoms with Crippen molar-refractivity contribution in [1.29, 1.82) is 0 Å². The van der Waals surface area contributed by atoms with Crippen molar-refractivity contribution in [2.75, 3.05) is 18.9 Å². The predicted molar refractivity (Wildman–Crippen MR) is 68.0 cm³/mol. The maximum atomic E-state index is 11.4. The molecule has 0 radical (unpaired) electrons. The van der Waals surface area contributed by atoms with Crippen LogP contribution in [0.25, 0.3) is 0 Å². The van der Waals surface area contributed by atoms with Crippen LogP contribution >= 0.6 is 15.9 Å². The highest BCUT2D eigenvalue weighted by Gasteiger charge is 2.12. The number of hydrogen-bond donors (Lipinski definition) is 2. The molecule has 1 aromatic carbocycles. The van der Waals surface area contributed by atoms with E-state index in [2.05, 4.69) is 26.6 Å². The summed E-state index contributed by atoms with van der Waals surface area (Å²) < 4.78 is 0.342. The first-order valence-corrected chi connectivity index (χ1v) is 5.72. The molecule has 0 aliphatic carbocycles. The average molecular weight is 302 g/mol. The Morgan fingerprint density at radius 1 is 1.53 bits per heavy atom. The Kier molecular flexibility index (Phi) is 5.05. The van der Waals surface area contributed by atoms with Crippen molar-refractivity contribution in [2.45, 2.75) is 6.42 Å². The van der Waals surface area contributed by atoms with E-state index in [1.807, 2.05) is 0 Å². The lowest BCUT2D eigenvalue weighted by atomic mass is 10.2. The molecule has 0 aliphatic heterocycles. The molecule has 0 saturated carbocycles. The first kappa shape index (κ1) is 13.6. The highest BCUT2D eigenvalue weighted by molar-refractivity contribution is 9.10. The predicted octanol–water partition coefficient (Wildman–Crippen LogP) is 1.91. The normalized spacial score (nSPS) is 10.0. The van der Waals surface area contributed by atoms with Gasteiger partial charge in [-0.05, 0) is 35.1 Å². The fourth-order valence-electron chi connectivity index (χ4n) is 1.19. The van der Waals surface area contributed by atoms with Gasteiger partial charge in [-0.2, -0.15) is 0 Å². The van der Waals surface area contributed by atoms with Gasteiger partial charge in [0.15, 0.2) is 0 Å². The number of nitrogens with zero attached hydrogens (tertiary/aromatic N) is 1. The topological polar surface area (TPSA) is 84.3 Å². The van der Waals surface area contributed by atoms with Gasteiger partial charge >= 0.3 is 0 Å². The van der Waals surface area contributed by atoms with Crippen LogP contribution in [0.1, 0.15) is 6.42 Å². The van der Waals surface area contributed by atoms with Gasteiger partial charge in [0.1, 0.15) is 0 Å². The summed E-state index contributed by atoms with van der Waals surface area (Å²) in [5.74, 6) is -0.139. The van der Waals surface area contributed by atoms with Crippen molar-refractivity contribution in [3.8, 4) is 0 Å². The summed E-state index contributed by atoms with van der Waals surface area (Å²) in [7, 11) is 1.76. The SMILES string of the molecule is CNCCC(=O)Nc1ccc([N+](=O)[O-])c(Br)c1. The summed E-state index contributed by atoms with van der Waals surface area (Å²) in [6.07, 6.45) is 0.352. The van der Waals surface area contributed by atoms with Gasteiger partial charge in [-0.1, -0.05) is 0 Å². The van der Waals surface area contributed by atoms with Crippen molar-refractivity contribution < 1.29 is 9.72 Å². The van der Waals surface area contributed by atoms with Gasteiger partial charge in [0, 0.05) is 24.7 Å². The van der Waals surface area contributed by atoms with Gasteiger partial charge in [-0.3, -0.25) is 14.9 Å². The summed E-state index contributed by atoms with van der Waals surface area (Å²) in [6.45, 7) is 0.583. The fraction of sp³-hybridized carbons (Fsp3) is 0.300. The van der Waals surface area contributed by atoms with Crippen LogP contribution in [0.4, 0.5) is 11.4 Å². The van der Waals surface area contributed by atoms with Gasteiger partial charge in [0.25, 0.3) is 5.69 Å². The van der Waals surface area contributed by atoms with Crippen molar-refractivity contribution in [3.05, 3.63) is 32.8 Å². The molecule has 1 amide bonds. The number of hydrogen-bond acceptors (Lipinski definition) is 4. The number of carbonyl (C=O) groups excluding carboxylic acids is 1. The minimum absolute atomic E-state index is 0.0294. The van der Waals surface area contributed by atoms with E-state index in [9.17, 15) is 14.9 Å². The van der Waals surface area contributed by atoms with Crippen LogP contribution in [0.2, 0.25) is 0 Å². The summed E-state index contributed by atoms with van der Waals surface area (Å²) in [5, 5.41) is 16.1. The molecule has 6 nitrogen and oxygen atoms in total. The largest absolute Gasteiger partial charge is 0.326 e. The molecule has 1 aromatic rings. The molecule has 0 fully saturated rings. The molecule has 92 valence electrons. The van der Waals surface area contributed by atoms with Gasteiger partial charge in [0.2, 0.25) is 5.91 Å². The van der Waals surface area contributed by atoms with Crippen molar-refractivity contribution >= 4 is 33.2 Å². The second kappa shape index (κ2) is 6.31. The molecular weight excluding hydrogens is 290 g/mol. The molecule has 0 spiro atoms. The molecule has 7 heteroatoms. The molecule has 0 atom stereocenters. The Hall–Kier alpha value is -1.47. The van der Waals surface area contributed by atoms with E-state index >= 15 is 0 Å². The Bertz CT molecular complexity index is 437. The van der Waals surface area contributed by atoms with Crippen LogP contribution in [-0.2, 0) is 4.79 Å². The van der Waals surface area contributed by atoms with Crippen LogP contribution in [0.15, 0.2) is 22.7 Å². The van der Waals surface area contributed by atoms with E-state index in [1.54, 1.807) is 7.05 Å². The zero-order chi connectivity index (χ0) is 12.8. The molecule has 0 saturated heterocycles. The molecule has 0 aliphatic rings. The van der Waals surface area contributed by atoms with Gasteiger partial charge in [-0.15, -0.1) is 0 Å². The number of nitrogens with one attached hydrogen (secondary N) is 2. The van der Waals surface area contributed by atoms with E-state index < -0.39 is 4.92 Å². The Labute approximate surface area is 107 Å². The molecule has 0 unspecified atom stereocenters. The van der Waals surface area contributed by atoms with Crippen LogP contribution < -0.4 is 10.6 Å². The third-order valence-electron chi connectivity index (χ3n) is 2.03. The van der Waals surface area contributed by atoms with E-state index in [1.165, 1.54) is 18.2 Å². The smallest absolute Gasteiger partial charge is 0.283 e. The zero-order valence-corrected chi connectivity index (χ0v) is 10.8. The summed E-state index contributed by atoms with van der Waals surface area (Å²) in [6, 6.07) is 4.35. The number of halogens is 1. The van der Waals surface area contributed by atoms with Gasteiger partial charge < -0.3 is 10.6 Å². The lowest BCUT2D eigenvalue weighted by Crippen LogP contribution is -2.18. The zero-order valence-electron chi connectivity index (χ0n) is 9.20. The quantitative estimate of drug-likeness (QED) is 0.643. The minimum Gasteiger partial charge on any atom is -0.326 e. The third-order valence-corrected chi connectivity index (χ3v) is 2.67. The summed E-state index contributed by atoms with van der Waals surface area (Å²) >= 11 is 3.08. The average Bonchev–Trinajstić information content (AvgIpc) is 2.26. The summed E-state index contributed by atoms with van der Waals surface area (Å²) in [5.41, 5.74) is 0.502. The number of nitro benzene ring substituents is 1. The van der Waals surface area contributed by atoms with E-state index in [0.717, 1.165) is 0 Å². The first-order valence-electron chi connectivity index (χ1n) is 4.93. The monoisotopic (exact) mass is 301 g/mol. The maximum Gasteiger partial charge on any atom is 0.283 e. The van der Waals surface area contributed by atoms with Crippen molar-refractivity contribution in [1.82, 2.24) is 5.32 Å². The maximum absolute atomic E-state index is 11.4. The minimum atomic E-state index is -0.489. The highest BCUT2D eigenvalue weighted by atomic mass is 79.9. The molecular formula is C10H12BrN3O3. The number of benzene rings is 1. The van der Waals surface area contributed by atoms with Gasteiger partial charge in [-0.25, -0.2) is 0 Å². The number of carbonyl (C=O) groups is 1. The third kappa shape index (κ3) is 4.12. The number of amides is 1. The van der Waals surface area contributed by atoms with Crippen molar-refractivity contribution in [3.63, 3.8) is 0 Å². The molecule has 0 aromatic heterocycles. The highest BCUT2D eigenvalue weighted by Crippen LogP contribution is 2.27. The molecule has 0 bridgehead atoms. The second-order valence-corrected chi connectivity index (χ2v) is 4.18. The van der Waals surface area contributed by atoms with E-state index in [0.29, 0.717) is 23.1 Å². The fourth-order valence-corrected chi connectivity index (χ4v) is 1.72. The number of anilines is 1. The molecule has 2 N–H and O–H groups in total.